The molecule has 0 aliphatic carbocycles. The fraction of sp³-hybridized carbons (Fsp3) is 0.900. The van der Waals surface area contributed by atoms with E-state index < -0.39 is 0 Å². The highest BCUT2D eigenvalue weighted by Crippen LogP contribution is 2.37. The second-order valence-corrected chi connectivity index (χ2v) is 4.33. The van der Waals surface area contributed by atoms with Crippen molar-refractivity contribution in [2.75, 3.05) is 7.05 Å². The lowest BCUT2D eigenvalue weighted by molar-refractivity contribution is -0.122. The molecule has 2 fully saturated rings. The number of ketones is 1. The number of rotatable bonds is 1. The van der Waals surface area contributed by atoms with E-state index in [9.17, 15) is 4.79 Å². The normalized spacial score (nSPS) is 41.7. The Hall–Kier alpha value is -0.370. The number of fused-ring (bicyclic) bond motifs is 2. The zero-order valence-corrected chi connectivity index (χ0v) is 7.92. The third-order valence-electron chi connectivity index (χ3n) is 3.67. The van der Waals surface area contributed by atoms with Crippen molar-refractivity contribution in [3.05, 3.63) is 0 Å². The molecule has 2 saturated heterocycles. The van der Waals surface area contributed by atoms with Crippen molar-refractivity contribution in [3.8, 4) is 0 Å². The van der Waals surface area contributed by atoms with Gasteiger partial charge in [0.15, 0.2) is 0 Å². The maximum absolute atomic E-state index is 11.2. The van der Waals surface area contributed by atoms with Crippen LogP contribution >= 0.6 is 0 Å². The van der Waals surface area contributed by atoms with Gasteiger partial charge in [-0.2, -0.15) is 0 Å². The summed E-state index contributed by atoms with van der Waals surface area (Å²) in [6, 6.07) is 1.41. The average Bonchev–Trinajstić information content (AvgIpc) is 2.30. The Labute approximate surface area is 73.9 Å². The molecule has 2 bridgehead atoms. The lowest BCUT2D eigenvalue weighted by Crippen LogP contribution is -2.41. The molecule has 2 heteroatoms. The molecule has 2 nitrogen and oxygen atoms in total. The quantitative estimate of drug-likeness (QED) is 0.589. The summed E-state index contributed by atoms with van der Waals surface area (Å²) in [4.78, 5) is 13.7. The first-order valence-corrected chi connectivity index (χ1v) is 4.91. The molecule has 0 radical (unpaired) electrons. The van der Waals surface area contributed by atoms with Gasteiger partial charge in [0.05, 0.1) is 0 Å². The third kappa shape index (κ3) is 1.18. The van der Waals surface area contributed by atoms with Gasteiger partial charge < -0.3 is 4.90 Å². The van der Waals surface area contributed by atoms with Crippen LogP contribution in [-0.2, 0) is 4.79 Å². The number of piperidine rings is 1. The van der Waals surface area contributed by atoms with Crippen LogP contribution in [0.3, 0.4) is 0 Å². The van der Waals surface area contributed by atoms with Crippen LogP contribution in [-0.4, -0.2) is 29.8 Å². The number of hydrogen-bond acceptors (Lipinski definition) is 2. The fourth-order valence-electron chi connectivity index (χ4n) is 2.74. The highest BCUT2D eigenvalue weighted by atomic mass is 16.1. The summed E-state index contributed by atoms with van der Waals surface area (Å²) in [6.45, 7) is 1.75. The van der Waals surface area contributed by atoms with Crippen molar-refractivity contribution in [1.82, 2.24) is 4.90 Å². The van der Waals surface area contributed by atoms with Crippen molar-refractivity contribution in [3.63, 3.8) is 0 Å². The van der Waals surface area contributed by atoms with Crippen LogP contribution in [0.15, 0.2) is 0 Å². The summed E-state index contributed by atoms with van der Waals surface area (Å²) in [6.07, 6.45) is 4.85. The van der Waals surface area contributed by atoms with Gasteiger partial charge >= 0.3 is 0 Å². The van der Waals surface area contributed by atoms with E-state index in [-0.39, 0.29) is 0 Å². The molecular formula is C10H17NO. The molecule has 2 rings (SSSR count). The van der Waals surface area contributed by atoms with Crippen LogP contribution in [0.4, 0.5) is 0 Å². The second-order valence-electron chi connectivity index (χ2n) is 4.33. The zero-order chi connectivity index (χ0) is 8.72. The van der Waals surface area contributed by atoms with E-state index in [4.69, 9.17) is 0 Å². The molecule has 1 unspecified atom stereocenters. The van der Waals surface area contributed by atoms with E-state index in [1.54, 1.807) is 6.92 Å². The highest BCUT2D eigenvalue weighted by Gasteiger charge is 2.39. The minimum Gasteiger partial charge on any atom is -0.300 e. The predicted octanol–water partition coefficient (Wildman–Crippen LogP) is 1.45. The summed E-state index contributed by atoms with van der Waals surface area (Å²) in [5, 5.41) is 0. The van der Waals surface area contributed by atoms with E-state index in [0.717, 1.165) is 12.8 Å². The monoisotopic (exact) mass is 167 g/mol. The second kappa shape index (κ2) is 2.84. The molecule has 2 aliphatic heterocycles. The van der Waals surface area contributed by atoms with E-state index >= 15 is 0 Å². The predicted molar refractivity (Wildman–Crippen MR) is 48.0 cm³/mol. The van der Waals surface area contributed by atoms with Gasteiger partial charge in [-0.1, -0.05) is 0 Å². The molecule has 12 heavy (non-hydrogen) atoms. The summed E-state index contributed by atoms with van der Waals surface area (Å²) in [7, 11) is 2.21. The van der Waals surface area contributed by atoms with Crippen LogP contribution < -0.4 is 0 Å². The van der Waals surface area contributed by atoms with Gasteiger partial charge in [0, 0.05) is 18.0 Å². The lowest BCUT2D eigenvalue weighted by atomic mass is 9.88. The van der Waals surface area contributed by atoms with Gasteiger partial charge in [-0.05, 0) is 39.7 Å². The molecule has 0 saturated carbocycles. The van der Waals surface area contributed by atoms with Crippen molar-refractivity contribution in [2.45, 2.75) is 44.7 Å². The largest absolute Gasteiger partial charge is 0.300 e. The Bertz CT molecular complexity index is 188. The average molecular weight is 167 g/mol. The van der Waals surface area contributed by atoms with Crippen LogP contribution in [0, 0.1) is 5.92 Å². The molecule has 0 aromatic heterocycles. The number of carbonyl (C=O) groups is 1. The van der Waals surface area contributed by atoms with E-state index in [1.807, 2.05) is 0 Å². The number of Topliss-reactive ketones (excluding diaryl/α,β-unsaturated/α-hetero) is 1. The summed E-state index contributed by atoms with van der Waals surface area (Å²) < 4.78 is 0. The van der Waals surface area contributed by atoms with Crippen molar-refractivity contribution in [2.24, 2.45) is 5.92 Å². The maximum Gasteiger partial charge on any atom is 0.133 e. The molecule has 0 N–H and O–H groups in total. The van der Waals surface area contributed by atoms with Crippen LogP contribution in [0.1, 0.15) is 32.6 Å². The molecule has 0 aromatic rings. The smallest absolute Gasteiger partial charge is 0.133 e. The minimum absolute atomic E-state index is 0.374. The standard InChI is InChI=1S/C10H17NO/c1-7(12)8-5-9-3-4-10(6-8)11(9)2/h8-10H,3-6H2,1-2H3/t8?,9-,10+. The van der Waals surface area contributed by atoms with Crippen LogP contribution in [0.2, 0.25) is 0 Å². The number of carbonyl (C=O) groups excluding carboxylic acids is 1. The molecule has 0 amide bonds. The van der Waals surface area contributed by atoms with E-state index in [2.05, 4.69) is 11.9 Å². The summed E-state index contributed by atoms with van der Waals surface area (Å²) in [5.41, 5.74) is 0. The molecule has 0 aromatic carbocycles. The van der Waals surface area contributed by atoms with Crippen molar-refractivity contribution < 1.29 is 4.79 Å². The molecular weight excluding hydrogens is 150 g/mol. The van der Waals surface area contributed by atoms with Gasteiger partial charge in [0.2, 0.25) is 0 Å². The van der Waals surface area contributed by atoms with Gasteiger partial charge in [-0.25, -0.2) is 0 Å². The van der Waals surface area contributed by atoms with Gasteiger partial charge in [0.25, 0.3) is 0 Å². The first-order chi connectivity index (χ1) is 5.68. The first-order valence-electron chi connectivity index (χ1n) is 4.91. The van der Waals surface area contributed by atoms with Crippen molar-refractivity contribution in [1.29, 1.82) is 0 Å². The minimum atomic E-state index is 0.374. The SMILES string of the molecule is CC(=O)C1C[C@H]2CC[C@@H](C1)N2C. The number of hydrogen-bond donors (Lipinski definition) is 0. The Balaban J connectivity index is 2.07. The van der Waals surface area contributed by atoms with Gasteiger partial charge in [-0.3, -0.25) is 4.79 Å². The van der Waals surface area contributed by atoms with Crippen molar-refractivity contribution >= 4 is 5.78 Å². The Kier molecular flexibility index (Phi) is 1.95. The Morgan fingerprint density at radius 3 is 2.17 bits per heavy atom. The molecule has 2 aliphatic rings. The third-order valence-corrected chi connectivity index (χ3v) is 3.67. The fourth-order valence-corrected chi connectivity index (χ4v) is 2.74. The highest BCUT2D eigenvalue weighted by molar-refractivity contribution is 5.78. The molecule has 68 valence electrons. The Morgan fingerprint density at radius 1 is 1.25 bits per heavy atom. The molecule has 2 heterocycles. The lowest BCUT2D eigenvalue weighted by Gasteiger charge is -2.35. The number of nitrogens with zero attached hydrogens (tertiary/aromatic N) is 1. The van der Waals surface area contributed by atoms with E-state index in [1.165, 1.54) is 12.8 Å². The van der Waals surface area contributed by atoms with Crippen LogP contribution in [0.5, 0.6) is 0 Å². The van der Waals surface area contributed by atoms with Gasteiger partial charge in [-0.15, -0.1) is 0 Å². The van der Waals surface area contributed by atoms with E-state index in [0.29, 0.717) is 23.8 Å². The summed E-state index contributed by atoms with van der Waals surface area (Å²) >= 11 is 0. The van der Waals surface area contributed by atoms with Crippen LogP contribution in [0.25, 0.3) is 0 Å². The molecule has 3 atom stereocenters. The molecule has 0 spiro atoms. The topological polar surface area (TPSA) is 20.3 Å². The first kappa shape index (κ1) is 8.24. The summed E-state index contributed by atoms with van der Waals surface area (Å²) in [5.74, 6) is 0.777. The zero-order valence-electron chi connectivity index (χ0n) is 7.92. The maximum atomic E-state index is 11.2. The Morgan fingerprint density at radius 2 is 1.75 bits per heavy atom. The van der Waals surface area contributed by atoms with Gasteiger partial charge in [0.1, 0.15) is 5.78 Å².